The Kier molecular flexibility index (Phi) is 5.54. The zero-order valence-electron chi connectivity index (χ0n) is 12.2. The van der Waals surface area contributed by atoms with E-state index in [0.29, 0.717) is 19.6 Å². The molecule has 4 heteroatoms. The minimum absolute atomic E-state index is 0.0114. The first kappa shape index (κ1) is 15.4. The molecule has 1 aromatic rings. The Labute approximate surface area is 120 Å². The van der Waals surface area contributed by atoms with E-state index >= 15 is 0 Å². The molecule has 0 amide bonds. The van der Waals surface area contributed by atoms with Crippen molar-refractivity contribution < 1.29 is 19.3 Å². The highest BCUT2D eigenvalue weighted by Crippen LogP contribution is 2.26. The summed E-state index contributed by atoms with van der Waals surface area (Å²) in [5.74, 6) is -0.506. The molecule has 0 aliphatic carbocycles. The molecule has 0 spiro atoms. The number of benzene rings is 1. The van der Waals surface area contributed by atoms with Crippen molar-refractivity contribution in [1.82, 2.24) is 0 Å². The van der Waals surface area contributed by atoms with Crippen molar-refractivity contribution >= 4 is 0 Å². The van der Waals surface area contributed by atoms with Crippen LogP contribution in [0.25, 0.3) is 0 Å². The van der Waals surface area contributed by atoms with Gasteiger partial charge in [-0.05, 0) is 25.8 Å². The van der Waals surface area contributed by atoms with Gasteiger partial charge in [-0.3, -0.25) is 0 Å². The SMILES string of the molecule is CC1(C)OC[C@H](C[C@H](CCO)OCc2ccccc2)O1. The van der Waals surface area contributed by atoms with Crippen LogP contribution in [0, 0.1) is 0 Å². The van der Waals surface area contributed by atoms with E-state index in [-0.39, 0.29) is 18.8 Å². The van der Waals surface area contributed by atoms with Crippen LogP contribution in [0.5, 0.6) is 0 Å². The maximum Gasteiger partial charge on any atom is 0.163 e. The van der Waals surface area contributed by atoms with Gasteiger partial charge < -0.3 is 19.3 Å². The molecule has 2 rings (SSSR count). The second-order valence-electron chi connectivity index (χ2n) is 5.62. The Bertz CT molecular complexity index is 391. The van der Waals surface area contributed by atoms with Gasteiger partial charge in [0.1, 0.15) is 0 Å². The van der Waals surface area contributed by atoms with Gasteiger partial charge in [-0.25, -0.2) is 0 Å². The lowest BCUT2D eigenvalue weighted by Gasteiger charge is -2.21. The van der Waals surface area contributed by atoms with E-state index < -0.39 is 5.79 Å². The van der Waals surface area contributed by atoms with Crippen molar-refractivity contribution in [3.05, 3.63) is 35.9 Å². The molecule has 1 aliphatic heterocycles. The smallest absolute Gasteiger partial charge is 0.163 e. The van der Waals surface area contributed by atoms with Crippen LogP contribution in [0.3, 0.4) is 0 Å². The molecule has 20 heavy (non-hydrogen) atoms. The number of ether oxygens (including phenoxy) is 3. The van der Waals surface area contributed by atoms with Crippen LogP contribution in [0.4, 0.5) is 0 Å². The quantitative estimate of drug-likeness (QED) is 0.833. The van der Waals surface area contributed by atoms with Crippen molar-refractivity contribution in [2.75, 3.05) is 13.2 Å². The van der Waals surface area contributed by atoms with Gasteiger partial charge in [0.25, 0.3) is 0 Å². The van der Waals surface area contributed by atoms with Gasteiger partial charge in [-0.15, -0.1) is 0 Å². The second kappa shape index (κ2) is 7.18. The van der Waals surface area contributed by atoms with Crippen LogP contribution >= 0.6 is 0 Å². The van der Waals surface area contributed by atoms with Gasteiger partial charge in [0, 0.05) is 13.0 Å². The van der Waals surface area contributed by atoms with E-state index in [1.54, 1.807) is 0 Å². The van der Waals surface area contributed by atoms with E-state index in [1.807, 2.05) is 44.2 Å². The zero-order valence-corrected chi connectivity index (χ0v) is 12.2. The first-order valence-corrected chi connectivity index (χ1v) is 7.17. The second-order valence-corrected chi connectivity index (χ2v) is 5.62. The molecule has 0 radical (unpaired) electrons. The van der Waals surface area contributed by atoms with Crippen LogP contribution in [0.2, 0.25) is 0 Å². The van der Waals surface area contributed by atoms with E-state index in [9.17, 15) is 0 Å². The maximum absolute atomic E-state index is 9.16. The Morgan fingerprint density at radius 3 is 2.70 bits per heavy atom. The zero-order chi connectivity index (χ0) is 14.4. The molecular formula is C16H24O4. The normalized spacial score (nSPS) is 22.9. The molecule has 1 heterocycles. The minimum atomic E-state index is -0.506. The van der Waals surface area contributed by atoms with Crippen molar-refractivity contribution in [3.8, 4) is 0 Å². The molecule has 4 nitrogen and oxygen atoms in total. The van der Waals surface area contributed by atoms with Crippen LogP contribution < -0.4 is 0 Å². The highest BCUT2D eigenvalue weighted by atomic mass is 16.7. The molecule has 1 saturated heterocycles. The molecular weight excluding hydrogens is 256 g/mol. The minimum Gasteiger partial charge on any atom is -0.396 e. The number of aliphatic hydroxyl groups excluding tert-OH is 1. The maximum atomic E-state index is 9.16. The first-order valence-electron chi connectivity index (χ1n) is 7.17. The van der Waals surface area contributed by atoms with Gasteiger partial charge in [0.2, 0.25) is 0 Å². The summed E-state index contributed by atoms with van der Waals surface area (Å²) >= 11 is 0. The standard InChI is InChI=1S/C16H24O4/c1-16(2)19-12-15(20-16)10-14(8-9-17)18-11-13-6-4-3-5-7-13/h3-7,14-15,17H,8-12H2,1-2H3/t14-,15-/m0/s1. The van der Waals surface area contributed by atoms with Gasteiger partial charge in [0.15, 0.2) is 5.79 Å². The van der Waals surface area contributed by atoms with Crippen molar-refractivity contribution in [1.29, 1.82) is 0 Å². The lowest BCUT2D eigenvalue weighted by Crippen LogP contribution is -2.26. The molecule has 1 aromatic carbocycles. The Balaban J connectivity index is 1.81. The highest BCUT2D eigenvalue weighted by Gasteiger charge is 2.34. The van der Waals surface area contributed by atoms with Gasteiger partial charge in [-0.2, -0.15) is 0 Å². The Hall–Kier alpha value is -0.940. The number of aliphatic hydroxyl groups is 1. The number of hydrogen-bond donors (Lipinski definition) is 1. The van der Waals surface area contributed by atoms with Crippen molar-refractivity contribution in [3.63, 3.8) is 0 Å². The van der Waals surface area contributed by atoms with Crippen LogP contribution in [-0.4, -0.2) is 36.3 Å². The third-order valence-corrected chi connectivity index (χ3v) is 3.37. The number of rotatable bonds is 7. The summed E-state index contributed by atoms with van der Waals surface area (Å²) < 4.78 is 17.3. The average molecular weight is 280 g/mol. The third kappa shape index (κ3) is 4.87. The molecule has 0 aromatic heterocycles. The van der Waals surface area contributed by atoms with Gasteiger partial charge in [0.05, 0.1) is 25.4 Å². The predicted molar refractivity (Wildman–Crippen MR) is 76.2 cm³/mol. The largest absolute Gasteiger partial charge is 0.396 e. The topological polar surface area (TPSA) is 47.9 Å². The van der Waals surface area contributed by atoms with E-state index in [1.165, 1.54) is 0 Å². The lowest BCUT2D eigenvalue weighted by molar-refractivity contribution is -0.143. The molecule has 0 bridgehead atoms. The predicted octanol–water partition coefficient (Wildman–Crippen LogP) is 2.50. The Morgan fingerprint density at radius 2 is 2.10 bits per heavy atom. The fraction of sp³-hybridized carbons (Fsp3) is 0.625. The molecule has 112 valence electrons. The summed E-state index contributed by atoms with van der Waals surface area (Å²) in [6.45, 7) is 5.10. The van der Waals surface area contributed by atoms with Crippen molar-refractivity contribution in [2.24, 2.45) is 0 Å². The average Bonchev–Trinajstić information content (AvgIpc) is 2.77. The van der Waals surface area contributed by atoms with Crippen molar-refractivity contribution in [2.45, 2.75) is 51.3 Å². The van der Waals surface area contributed by atoms with Crippen LogP contribution in [0.1, 0.15) is 32.3 Å². The van der Waals surface area contributed by atoms with Gasteiger partial charge >= 0.3 is 0 Å². The fourth-order valence-electron chi connectivity index (χ4n) is 2.37. The summed E-state index contributed by atoms with van der Waals surface area (Å²) in [6, 6.07) is 10.1. The van der Waals surface area contributed by atoms with E-state index in [2.05, 4.69) is 0 Å². The summed E-state index contributed by atoms with van der Waals surface area (Å²) in [7, 11) is 0. The molecule has 1 fully saturated rings. The molecule has 1 aliphatic rings. The fourth-order valence-corrected chi connectivity index (χ4v) is 2.37. The molecule has 1 N–H and O–H groups in total. The lowest BCUT2D eigenvalue weighted by atomic mass is 10.1. The van der Waals surface area contributed by atoms with Crippen LogP contribution in [-0.2, 0) is 20.8 Å². The van der Waals surface area contributed by atoms with E-state index in [0.717, 1.165) is 12.0 Å². The monoisotopic (exact) mass is 280 g/mol. The molecule has 0 saturated carbocycles. The van der Waals surface area contributed by atoms with Crippen LogP contribution in [0.15, 0.2) is 30.3 Å². The summed E-state index contributed by atoms with van der Waals surface area (Å²) in [6.07, 6.45) is 1.39. The molecule has 2 atom stereocenters. The van der Waals surface area contributed by atoms with E-state index in [4.69, 9.17) is 19.3 Å². The van der Waals surface area contributed by atoms with Gasteiger partial charge in [-0.1, -0.05) is 30.3 Å². The third-order valence-electron chi connectivity index (χ3n) is 3.37. The summed E-state index contributed by atoms with van der Waals surface area (Å²) in [5.41, 5.74) is 1.14. The highest BCUT2D eigenvalue weighted by molar-refractivity contribution is 5.13. The molecule has 0 unspecified atom stereocenters. The summed E-state index contributed by atoms with van der Waals surface area (Å²) in [4.78, 5) is 0. The first-order chi connectivity index (χ1) is 9.59. The number of hydrogen-bond acceptors (Lipinski definition) is 4. The Morgan fingerprint density at radius 1 is 1.35 bits per heavy atom. The summed E-state index contributed by atoms with van der Waals surface area (Å²) in [5, 5.41) is 9.16.